The van der Waals surface area contributed by atoms with Gasteiger partial charge in [-0.3, -0.25) is 5.26 Å². The summed E-state index contributed by atoms with van der Waals surface area (Å²) in [7, 11) is 0. The van der Waals surface area contributed by atoms with Crippen LogP contribution < -0.4 is 0 Å². The van der Waals surface area contributed by atoms with Gasteiger partial charge in [0.2, 0.25) is 0 Å². The van der Waals surface area contributed by atoms with Gasteiger partial charge in [0.1, 0.15) is 6.10 Å². The van der Waals surface area contributed by atoms with Gasteiger partial charge in [0.05, 0.1) is 0 Å². The van der Waals surface area contributed by atoms with Crippen molar-refractivity contribution in [2.24, 2.45) is 0 Å². The lowest BCUT2D eigenvalue weighted by Crippen LogP contribution is -2.13. The standard InChI is InChI=1S/C9H16O2/c1-8-6-4-2-3-5-7-9(8)11-10/h6,9-10H,2-5,7H2,1H3/b8-6-. The maximum absolute atomic E-state index is 8.54. The fraction of sp³-hybridized carbons (Fsp3) is 0.778. The van der Waals surface area contributed by atoms with Crippen LogP contribution in [0, 0.1) is 0 Å². The zero-order valence-electron chi connectivity index (χ0n) is 7.05. The summed E-state index contributed by atoms with van der Waals surface area (Å²) in [5.41, 5.74) is 1.17. The second-order valence-corrected chi connectivity index (χ2v) is 3.18. The summed E-state index contributed by atoms with van der Waals surface area (Å²) in [5, 5.41) is 8.54. The van der Waals surface area contributed by atoms with Gasteiger partial charge in [-0.1, -0.05) is 18.9 Å². The lowest BCUT2D eigenvalue weighted by Gasteiger charge is -2.16. The van der Waals surface area contributed by atoms with Crippen LogP contribution >= 0.6 is 0 Å². The highest BCUT2D eigenvalue weighted by Crippen LogP contribution is 2.18. The van der Waals surface area contributed by atoms with Crippen LogP contribution in [0.5, 0.6) is 0 Å². The normalized spacial score (nSPS) is 31.8. The summed E-state index contributed by atoms with van der Waals surface area (Å²) in [6.07, 6.45) is 7.90. The van der Waals surface area contributed by atoms with Crippen molar-refractivity contribution in [2.45, 2.75) is 45.1 Å². The zero-order chi connectivity index (χ0) is 8.10. The van der Waals surface area contributed by atoms with Crippen LogP contribution in [-0.2, 0) is 4.89 Å². The van der Waals surface area contributed by atoms with Gasteiger partial charge in [-0.25, -0.2) is 4.89 Å². The Labute approximate surface area is 67.8 Å². The largest absolute Gasteiger partial charge is 0.251 e. The third-order valence-electron chi connectivity index (χ3n) is 2.27. The van der Waals surface area contributed by atoms with Crippen LogP contribution in [0.3, 0.4) is 0 Å². The quantitative estimate of drug-likeness (QED) is 0.359. The molecule has 0 saturated heterocycles. The van der Waals surface area contributed by atoms with Crippen molar-refractivity contribution in [1.29, 1.82) is 0 Å². The van der Waals surface area contributed by atoms with Crippen LogP contribution in [0.2, 0.25) is 0 Å². The first-order chi connectivity index (χ1) is 5.34. The molecule has 0 radical (unpaired) electrons. The molecule has 0 aliphatic heterocycles. The molecule has 0 aromatic heterocycles. The van der Waals surface area contributed by atoms with E-state index in [9.17, 15) is 0 Å². The molecule has 0 saturated carbocycles. The molecule has 64 valence electrons. The summed E-state index contributed by atoms with van der Waals surface area (Å²) in [6.45, 7) is 2.02. The number of allylic oxidation sites excluding steroid dienone is 1. The third kappa shape index (κ3) is 2.64. The SMILES string of the molecule is C/C1=C/CCCCCC1OO. The highest BCUT2D eigenvalue weighted by molar-refractivity contribution is 5.05. The van der Waals surface area contributed by atoms with Crippen molar-refractivity contribution in [3.05, 3.63) is 11.6 Å². The molecule has 0 aromatic rings. The van der Waals surface area contributed by atoms with E-state index >= 15 is 0 Å². The Morgan fingerprint density at radius 3 is 3.00 bits per heavy atom. The molecule has 0 amide bonds. The minimum absolute atomic E-state index is 0.0460. The minimum atomic E-state index is -0.0460. The smallest absolute Gasteiger partial charge is 0.113 e. The molecule has 1 rings (SSSR count). The Balaban J connectivity index is 2.51. The van der Waals surface area contributed by atoms with E-state index in [4.69, 9.17) is 5.26 Å². The van der Waals surface area contributed by atoms with E-state index in [-0.39, 0.29) is 6.10 Å². The maximum Gasteiger partial charge on any atom is 0.113 e. The molecule has 0 fully saturated rings. The van der Waals surface area contributed by atoms with Crippen molar-refractivity contribution in [1.82, 2.24) is 0 Å². The molecule has 0 bridgehead atoms. The lowest BCUT2D eigenvalue weighted by atomic mass is 9.99. The van der Waals surface area contributed by atoms with Crippen LogP contribution in [0.25, 0.3) is 0 Å². The minimum Gasteiger partial charge on any atom is -0.251 e. The monoisotopic (exact) mass is 156 g/mol. The number of hydrogen-bond donors (Lipinski definition) is 1. The van der Waals surface area contributed by atoms with E-state index in [1.54, 1.807) is 0 Å². The van der Waals surface area contributed by atoms with Crippen molar-refractivity contribution in [3.8, 4) is 0 Å². The first-order valence-electron chi connectivity index (χ1n) is 4.31. The average Bonchev–Trinajstić information content (AvgIpc) is 1.98. The van der Waals surface area contributed by atoms with Crippen molar-refractivity contribution >= 4 is 0 Å². The second-order valence-electron chi connectivity index (χ2n) is 3.18. The number of rotatable bonds is 1. The molecule has 11 heavy (non-hydrogen) atoms. The Hall–Kier alpha value is -0.340. The highest BCUT2D eigenvalue weighted by atomic mass is 17.1. The molecule has 1 unspecified atom stereocenters. The highest BCUT2D eigenvalue weighted by Gasteiger charge is 2.11. The Bertz CT molecular complexity index is 140. The van der Waals surface area contributed by atoms with Gasteiger partial charge in [0, 0.05) is 0 Å². The molecule has 0 heterocycles. The van der Waals surface area contributed by atoms with Gasteiger partial charge in [-0.2, -0.15) is 0 Å². The van der Waals surface area contributed by atoms with Crippen LogP contribution in [0.4, 0.5) is 0 Å². The summed E-state index contributed by atoms with van der Waals surface area (Å²) in [5.74, 6) is 0. The van der Waals surface area contributed by atoms with Crippen molar-refractivity contribution in [3.63, 3.8) is 0 Å². The van der Waals surface area contributed by atoms with E-state index in [0.29, 0.717) is 0 Å². The molecule has 1 N–H and O–H groups in total. The van der Waals surface area contributed by atoms with E-state index < -0.39 is 0 Å². The molecule has 0 aromatic carbocycles. The molecule has 2 heteroatoms. The molecular weight excluding hydrogens is 140 g/mol. The Morgan fingerprint density at radius 2 is 2.27 bits per heavy atom. The molecule has 1 aliphatic rings. The van der Waals surface area contributed by atoms with Crippen molar-refractivity contribution in [2.75, 3.05) is 0 Å². The van der Waals surface area contributed by atoms with Gasteiger partial charge < -0.3 is 0 Å². The fourth-order valence-corrected chi connectivity index (χ4v) is 1.48. The number of hydrogen-bond acceptors (Lipinski definition) is 2. The van der Waals surface area contributed by atoms with Gasteiger partial charge in [0.25, 0.3) is 0 Å². The predicted molar refractivity (Wildman–Crippen MR) is 44.3 cm³/mol. The van der Waals surface area contributed by atoms with Gasteiger partial charge in [0.15, 0.2) is 0 Å². The van der Waals surface area contributed by atoms with Crippen LogP contribution in [0.1, 0.15) is 39.0 Å². The lowest BCUT2D eigenvalue weighted by molar-refractivity contribution is -0.270. The Kier molecular flexibility index (Phi) is 3.60. The van der Waals surface area contributed by atoms with E-state index in [1.807, 2.05) is 6.92 Å². The molecule has 2 nitrogen and oxygen atoms in total. The molecular formula is C9H16O2. The maximum atomic E-state index is 8.54. The summed E-state index contributed by atoms with van der Waals surface area (Å²) < 4.78 is 0. The summed E-state index contributed by atoms with van der Waals surface area (Å²) in [4.78, 5) is 4.37. The van der Waals surface area contributed by atoms with Crippen LogP contribution in [0.15, 0.2) is 11.6 Å². The summed E-state index contributed by atoms with van der Waals surface area (Å²) >= 11 is 0. The molecule has 0 spiro atoms. The summed E-state index contributed by atoms with van der Waals surface area (Å²) in [6, 6.07) is 0. The van der Waals surface area contributed by atoms with E-state index in [1.165, 1.54) is 18.4 Å². The predicted octanol–water partition coefficient (Wildman–Crippen LogP) is 2.75. The Morgan fingerprint density at radius 1 is 1.45 bits per heavy atom. The van der Waals surface area contributed by atoms with Gasteiger partial charge >= 0.3 is 0 Å². The third-order valence-corrected chi connectivity index (χ3v) is 2.27. The van der Waals surface area contributed by atoms with E-state index in [0.717, 1.165) is 19.3 Å². The first kappa shape index (κ1) is 8.75. The van der Waals surface area contributed by atoms with Gasteiger partial charge in [-0.05, 0) is 31.8 Å². The zero-order valence-corrected chi connectivity index (χ0v) is 7.05. The van der Waals surface area contributed by atoms with E-state index in [2.05, 4.69) is 11.0 Å². The van der Waals surface area contributed by atoms with Crippen molar-refractivity contribution < 1.29 is 10.1 Å². The first-order valence-corrected chi connectivity index (χ1v) is 4.31. The van der Waals surface area contributed by atoms with Gasteiger partial charge in [-0.15, -0.1) is 0 Å². The molecule has 1 atom stereocenters. The second kappa shape index (κ2) is 4.52. The fourth-order valence-electron chi connectivity index (χ4n) is 1.48. The molecule has 1 aliphatic carbocycles. The average molecular weight is 156 g/mol. The van der Waals surface area contributed by atoms with Crippen LogP contribution in [-0.4, -0.2) is 11.4 Å². The topological polar surface area (TPSA) is 29.5 Å².